The molecule has 0 unspecified atom stereocenters. The van der Waals surface area contributed by atoms with Crippen molar-refractivity contribution in [2.75, 3.05) is 19.0 Å². The Balaban J connectivity index is 0.000000640. The van der Waals surface area contributed by atoms with Crippen molar-refractivity contribution in [3.05, 3.63) is 17.5 Å². The van der Waals surface area contributed by atoms with E-state index in [0.717, 1.165) is 0 Å². The van der Waals surface area contributed by atoms with Crippen LogP contribution in [0.4, 0.5) is 5.00 Å². The molecule has 1 aromatic heterocycles. The van der Waals surface area contributed by atoms with Gasteiger partial charge < -0.3 is 4.90 Å². The van der Waals surface area contributed by atoms with E-state index in [9.17, 15) is 0 Å². The van der Waals surface area contributed by atoms with Gasteiger partial charge >= 0.3 is 18.9 Å². The summed E-state index contributed by atoms with van der Waals surface area (Å²) < 4.78 is 0. The number of thiophene rings is 1. The average molecular weight is 133 g/mol. The van der Waals surface area contributed by atoms with Gasteiger partial charge in [-0.05, 0) is 14.1 Å². The maximum atomic E-state index is 3.01. The van der Waals surface area contributed by atoms with Crippen molar-refractivity contribution in [1.82, 2.24) is 0 Å². The zero-order valence-electron chi connectivity index (χ0n) is 6.01. The van der Waals surface area contributed by atoms with E-state index in [2.05, 4.69) is 10.3 Å². The zero-order valence-corrected chi connectivity index (χ0v) is 6.83. The summed E-state index contributed by atoms with van der Waals surface area (Å²) in [4.78, 5) is 2.07. The van der Waals surface area contributed by atoms with Gasteiger partial charge in [0.05, 0.1) is 0 Å². The molecule has 0 saturated heterocycles. The monoisotopic (exact) mass is 133 g/mol. The summed E-state index contributed by atoms with van der Waals surface area (Å²) in [7, 11) is 4.05. The minimum absolute atomic E-state index is 0. The van der Waals surface area contributed by atoms with E-state index in [-0.39, 0.29) is 18.9 Å². The van der Waals surface area contributed by atoms with Crippen LogP contribution in [0.3, 0.4) is 0 Å². The third-order valence-corrected chi connectivity index (χ3v) is 1.86. The van der Waals surface area contributed by atoms with Crippen LogP contribution in [0.5, 0.6) is 0 Å². The van der Waals surface area contributed by atoms with Crippen LogP contribution in [-0.4, -0.2) is 14.1 Å². The van der Waals surface area contributed by atoms with Gasteiger partial charge in [0.1, 0.15) is 0 Å². The fourth-order valence-corrected chi connectivity index (χ4v) is 1.05. The molecule has 0 radical (unpaired) electrons. The summed E-state index contributed by atoms with van der Waals surface area (Å²) in [5.74, 6) is 0. The van der Waals surface area contributed by atoms with Gasteiger partial charge in [-0.3, -0.25) is 11.3 Å². The largest absolute Gasteiger partial charge is 1.00 e. The number of nitrogens with zero attached hydrogens (tertiary/aromatic N) is 1. The van der Waals surface area contributed by atoms with Gasteiger partial charge in [0.15, 0.2) is 0 Å². The summed E-state index contributed by atoms with van der Waals surface area (Å²) in [5.41, 5.74) is 0. The standard InChI is InChI=1S/C6H8NS.Li/c1-7(2)6-4-3-5-8-6;/h3-4H,1-2H3;/q-1;+1. The third-order valence-electron chi connectivity index (χ3n) is 0.898. The number of hydrogen-bond acceptors (Lipinski definition) is 2. The molecule has 44 valence electrons. The first-order valence-electron chi connectivity index (χ1n) is 2.44. The summed E-state index contributed by atoms with van der Waals surface area (Å²) in [6.07, 6.45) is 0. The Bertz CT molecular complexity index is 148. The molecule has 1 nitrogen and oxygen atoms in total. The van der Waals surface area contributed by atoms with Crippen LogP contribution in [0.25, 0.3) is 0 Å². The topological polar surface area (TPSA) is 3.24 Å². The van der Waals surface area contributed by atoms with Gasteiger partial charge in [0.2, 0.25) is 0 Å². The maximum Gasteiger partial charge on any atom is 1.00 e. The van der Waals surface area contributed by atoms with E-state index in [1.165, 1.54) is 5.00 Å². The van der Waals surface area contributed by atoms with Crippen molar-refractivity contribution in [2.24, 2.45) is 0 Å². The summed E-state index contributed by atoms with van der Waals surface area (Å²) in [6.45, 7) is 0. The van der Waals surface area contributed by atoms with Crippen molar-refractivity contribution >= 4 is 16.3 Å². The van der Waals surface area contributed by atoms with Crippen LogP contribution < -0.4 is 23.8 Å². The van der Waals surface area contributed by atoms with Crippen LogP contribution in [0.15, 0.2) is 12.1 Å². The predicted molar refractivity (Wildman–Crippen MR) is 37.5 cm³/mol. The Labute approximate surface area is 71.9 Å². The molecule has 0 spiro atoms. The molecule has 0 atom stereocenters. The van der Waals surface area contributed by atoms with Gasteiger partial charge in [-0.15, -0.1) is 5.38 Å². The van der Waals surface area contributed by atoms with Crippen molar-refractivity contribution in [3.8, 4) is 0 Å². The van der Waals surface area contributed by atoms with E-state index in [0.29, 0.717) is 0 Å². The van der Waals surface area contributed by atoms with Crippen LogP contribution >= 0.6 is 11.3 Å². The Morgan fingerprint density at radius 3 is 2.44 bits per heavy atom. The van der Waals surface area contributed by atoms with Gasteiger partial charge in [-0.25, -0.2) is 0 Å². The van der Waals surface area contributed by atoms with Crippen LogP contribution in [-0.2, 0) is 0 Å². The Hall–Kier alpha value is 0.0974. The molecule has 0 aliphatic heterocycles. The third kappa shape index (κ3) is 2.44. The Morgan fingerprint density at radius 1 is 1.56 bits per heavy atom. The van der Waals surface area contributed by atoms with E-state index >= 15 is 0 Å². The summed E-state index contributed by atoms with van der Waals surface area (Å²) in [6, 6.07) is 3.98. The number of anilines is 1. The van der Waals surface area contributed by atoms with Crippen molar-refractivity contribution in [2.45, 2.75) is 0 Å². The first kappa shape index (κ1) is 9.10. The molecular formula is C6H8LiNS. The smallest absolute Gasteiger partial charge is 0.430 e. The molecule has 0 aliphatic carbocycles. The Kier molecular flexibility index (Phi) is 4.04. The fourth-order valence-electron chi connectivity index (χ4n) is 0.474. The van der Waals surface area contributed by atoms with E-state index in [1.807, 2.05) is 26.2 Å². The molecule has 0 saturated carbocycles. The summed E-state index contributed by atoms with van der Waals surface area (Å²) in [5, 5.41) is 4.27. The molecule has 1 heterocycles. The fraction of sp³-hybridized carbons (Fsp3) is 0.333. The molecule has 0 bridgehead atoms. The molecule has 0 amide bonds. The molecule has 1 aromatic rings. The van der Waals surface area contributed by atoms with Gasteiger partial charge in [-0.1, -0.05) is 5.00 Å². The van der Waals surface area contributed by atoms with Crippen LogP contribution in [0, 0.1) is 5.38 Å². The van der Waals surface area contributed by atoms with E-state index < -0.39 is 0 Å². The van der Waals surface area contributed by atoms with Gasteiger partial charge in [-0.2, -0.15) is 12.1 Å². The molecule has 0 fully saturated rings. The molecule has 0 N–H and O–H groups in total. The zero-order chi connectivity index (χ0) is 5.98. The second kappa shape index (κ2) is 4.00. The molecule has 0 aromatic carbocycles. The van der Waals surface area contributed by atoms with E-state index in [4.69, 9.17) is 0 Å². The van der Waals surface area contributed by atoms with Crippen molar-refractivity contribution in [3.63, 3.8) is 0 Å². The van der Waals surface area contributed by atoms with Crippen LogP contribution in [0.1, 0.15) is 0 Å². The molecule has 3 heteroatoms. The first-order chi connectivity index (χ1) is 3.80. The molecule has 1 rings (SSSR count). The normalized spacial score (nSPS) is 8.22. The van der Waals surface area contributed by atoms with Crippen LogP contribution in [0.2, 0.25) is 0 Å². The number of hydrogen-bond donors (Lipinski definition) is 0. The van der Waals surface area contributed by atoms with Gasteiger partial charge in [0.25, 0.3) is 0 Å². The minimum atomic E-state index is 0. The predicted octanol–water partition coefficient (Wildman–Crippen LogP) is -1.38. The van der Waals surface area contributed by atoms with E-state index in [1.54, 1.807) is 11.3 Å². The molecular weight excluding hydrogens is 125 g/mol. The average Bonchev–Trinajstić information content (AvgIpc) is 2.12. The quantitative estimate of drug-likeness (QED) is 0.337. The molecule has 9 heavy (non-hydrogen) atoms. The number of rotatable bonds is 1. The SMILES string of the molecule is CN(C)c1cc[c-]s1.[Li+]. The first-order valence-corrected chi connectivity index (χ1v) is 3.25. The summed E-state index contributed by atoms with van der Waals surface area (Å²) >= 11 is 1.63. The van der Waals surface area contributed by atoms with Gasteiger partial charge in [0, 0.05) is 0 Å². The second-order valence-corrected chi connectivity index (χ2v) is 2.64. The maximum absolute atomic E-state index is 3.01. The molecule has 0 aliphatic rings. The van der Waals surface area contributed by atoms with Crippen molar-refractivity contribution < 1.29 is 18.9 Å². The minimum Gasteiger partial charge on any atom is -0.430 e. The second-order valence-electron chi connectivity index (χ2n) is 1.79. The Morgan fingerprint density at radius 2 is 2.22 bits per heavy atom. The van der Waals surface area contributed by atoms with Crippen molar-refractivity contribution in [1.29, 1.82) is 0 Å².